The van der Waals surface area contributed by atoms with Gasteiger partial charge in [-0.1, -0.05) is 0 Å². The summed E-state index contributed by atoms with van der Waals surface area (Å²) in [6.07, 6.45) is 0. The van der Waals surface area contributed by atoms with Gasteiger partial charge in [-0.15, -0.1) is 0 Å². The van der Waals surface area contributed by atoms with E-state index in [1.807, 2.05) is 14.8 Å². The van der Waals surface area contributed by atoms with Crippen LogP contribution in [-0.2, 0) is 0 Å². The Labute approximate surface area is 75.5 Å². The molecular weight excluding hydrogens is 265 g/mol. The molecule has 0 aliphatic rings. The van der Waals surface area contributed by atoms with Gasteiger partial charge in [0.1, 0.15) is 0 Å². The average Bonchev–Trinajstić information content (AvgIpc) is 1.82. The number of hydrogen-bond donors (Lipinski definition) is 0. The van der Waals surface area contributed by atoms with Crippen molar-refractivity contribution in [3.63, 3.8) is 0 Å². The minimum absolute atomic E-state index is 0.367. The summed E-state index contributed by atoms with van der Waals surface area (Å²) in [5, 5.41) is 0. The third-order valence-electron chi connectivity index (χ3n) is 1.71. The van der Waals surface area contributed by atoms with Crippen molar-refractivity contribution in [3.8, 4) is 0 Å². The van der Waals surface area contributed by atoms with Crippen LogP contribution in [0.3, 0.4) is 0 Å². The van der Waals surface area contributed by atoms with Crippen LogP contribution in [-0.4, -0.2) is 18.4 Å². The van der Waals surface area contributed by atoms with Crippen LogP contribution in [0.25, 0.3) is 0 Å². The van der Waals surface area contributed by atoms with Crippen LogP contribution in [0.2, 0.25) is 14.8 Å². The predicted molar refractivity (Wildman–Crippen MR) is 49.3 cm³/mol. The van der Waals surface area contributed by atoms with Crippen molar-refractivity contribution in [1.82, 2.24) is 0 Å². The van der Waals surface area contributed by atoms with Gasteiger partial charge in [-0.25, -0.2) is 0 Å². The van der Waals surface area contributed by atoms with E-state index < -0.39 is 18.4 Å². The predicted octanol–water partition coefficient (Wildman–Crippen LogP) is 2.51. The van der Waals surface area contributed by atoms with Gasteiger partial charge in [0.15, 0.2) is 0 Å². The van der Waals surface area contributed by atoms with Gasteiger partial charge in [0.25, 0.3) is 0 Å². The molecule has 0 aliphatic carbocycles. The van der Waals surface area contributed by atoms with Crippen molar-refractivity contribution in [3.05, 3.63) is 29.8 Å². The Bertz CT molecular complexity index is 269. The molecule has 0 unspecified atom stereocenters. The zero-order valence-electron chi connectivity index (χ0n) is 7.49. The molecule has 1 rings (SSSR count). The Hall–Kier alpha value is -0.121. The van der Waals surface area contributed by atoms with Crippen LogP contribution >= 0.6 is 0 Å². The third-order valence-corrected chi connectivity index (χ3v) is 7.36. The summed E-state index contributed by atoms with van der Waals surface area (Å²) >= 11 is -2.59. The molecule has 0 nitrogen and oxygen atoms in total. The van der Waals surface area contributed by atoms with Gasteiger partial charge in [-0.05, 0) is 0 Å². The molecule has 3 heteroatoms. The average molecular weight is 277 g/mol. The van der Waals surface area contributed by atoms with Crippen molar-refractivity contribution in [1.29, 1.82) is 0 Å². The van der Waals surface area contributed by atoms with Gasteiger partial charge in [-0.3, -0.25) is 0 Å². The summed E-state index contributed by atoms with van der Waals surface area (Å²) in [6, 6.07) is 4.08. The molecule has 1 aromatic carbocycles. The van der Waals surface area contributed by atoms with E-state index in [9.17, 15) is 8.78 Å². The summed E-state index contributed by atoms with van der Waals surface area (Å²) in [6.45, 7) is 0. The number of hydrogen-bond acceptors (Lipinski definition) is 0. The van der Waals surface area contributed by atoms with Crippen LogP contribution in [0, 0.1) is 11.6 Å². The molecule has 0 radical (unpaired) electrons. The van der Waals surface area contributed by atoms with E-state index in [0.29, 0.717) is 3.58 Å². The fourth-order valence-electron chi connectivity index (χ4n) is 1.21. The monoisotopic (exact) mass is 278 g/mol. The molecule has 0 aromatic heterocycles. The van der Waals surface area contributed by atoms with Crippen LogP contribution < -0.4 is 3.58 Å². The molecule has 12 heavy (non-hydrogen) atoms. The fraction of sp³-hybridized carbons (Fsp3) is 0.333. The summed E-state index contributed by atoms with van der Waals surface area (Å²) < 4.78 is 26.7. The molecule has 0 saturated heterocycles. The zero-order valence-corrected chi connectivity index (χ0v) is 10.3. The van der Waals surface area contributed by atoms with E-state index in [-0.39, 0.29) is 11.6 Å². The second-order valence-electron chi connectivity index (χ2n) is 3.85. The Kier molecular flexibility index (Phi) is 2.76. The summed E-state index contributed by atoms with van der Waals surface area (Å²) in [4.78, 5) is 5.99. The van der Waals surface area contributed by atoms with Gasteiger partial charge in [-0.2, -0.15) is 0 Å². The zero-order chi connectivity index (χ0) is 9.35. The van der Waals surface area contributed by atoms with Crippen molar-refractivity contribution in [2.45, 2.75) is 14.8 Å². The Balaban J connectivity index is 3.31. The van der Waals surface area contributed by atoms with E-state index in [0.717, 1.165) is 0 Å². The SMILES string of the molecule is [CH3][Sn]([CH3])([CH3])[c]1c(F)cccc1F. The van der Waals surface area contributed by atoms with E-state index in [1.54, 1.807) is 0 Å². The van der Waals surface area contributed by atoms with Crippen molar-refractivity contribution in [2.75, 3.05) is 0 Å². The first-order chi connectivity index (χ1) is 5.43. The first-order valence-electron chi connectivity index (χ1n) is 3.87. The fourth-order valence-corrected chi connectivity index (χ4v) is 5.78. The van der Waals surface area contributed by atoms with Crippen LogP contribution in [0.5, 0.6) is 0 Å². The maximum atomic E-state index is 13.2. The van der Waals surface area contributed by atoms with Gasteiger partial charge in [0.05, 0.1) is 0 Å². The Morgan fingerprint density at radius 2 is 1.42 bits per heavy atom. The second-order valence-corrected chi connectivity index (χ2v) is 18.1. The number of benzene rings is 1. The van der Waals surface area contributed by atoms with E-state index in [1.165, 1.54) is 18.2 Å². The molecule has 0 heterocycles. The van der Waals surface area contributed by atoms with Gasteiger partial charge < -0.3 is 0 Å². The van der Waals surface area contributed by atoms with Gasteiger partial charge in [0, 0.05) is 0 Å². The normalized spacial score (nSPS) is 11.8. The first-order valence-corrected chi connectivity index (χ1v) is 13.9. The van der Waals surface area contributed by atoms with Gasteiger partial charge >= 0.3 is 75.4 Å². The van der Waals surface area contributed by atoms with Crippen molar-refractivity contribution < 1.29 is 8.78 Å². The summed E-state index contributed by atoms with van der Waals surface area (Å²) in [7, 11) is 0. The summed E-state index contributed by atoms with van der Waals surface area (Å²) in [5.41, 5.74) is 0. The second kappa shape index (κ2) is 3.32. The Morgan fingerprint density at radius 1 is 1.00 bits per heavy atom. The number of halogens is 2. The molecule has 1 aromatic rings. The summed E-state index contributed by atoms with van der Waals surface area (Å²) in [5.74, 6) is -0.753. The molecular formula is C9H12F2Sn. The topological polar surface area (TPSA) is 0 Å². The molecule has 0 saturated carbocycles. The molecule has 0 aliphatic heterocycles. The molecule has 0 amide bonds. The Morgan fingerprint density at radius 3 is 1.67 bits per heavy atom. The molecule has 0 bridgehead atoms. The van der Waals surface area contributed by atoms with Crippen molar-refractivity contribution in [2.24, 2.45) is 0 Å². The van der Waals surface area contributed by atoms with Gasteiger partial charge in [0.2, 0.25) is 0 Å². The van der Waals surface area contributed by atoms with Crippen LogP contribution in [0.4, 0.5) is 8.78 Å². The van der Waals surface area contributed by atoms with E-state index in [4.69, 9.17) is 0 Å². The quantitative estimate of drug-likeness (QED) is 0.692. The molecule has 0 N–H and O–H groups in total. The molecule has 0 fully saturated rings. The standard InChI is InChI=1S/C6H3F2.3CH3.Sn/c7-5-2-1-3-6(8)4-5;;;;/h1-3H;3*1H3;. The van der Waals surface area contributed by atoms with E-state index in [2.05, 4.69) is 0 Å². The number of rotatable bonds is 1. The molecule has 0 atom stereocenters. The first kappa shape index (κ1) is 9.96. The van der Waals surface area contributed by atoms with E-state index >= 15 is 0 Å². The molecule has 0 spiro atoms. The third kappa shape index (κ3) is 1.97. The van der Waals surface area contributed by atoms with Crippen LogP contribution in [0.1, 0.15) is 0 Å². The minimum atomic E-state index is -2.59. The maximum absolute atomic E-state index is 13.2. The van der Waals surface area contributed by atoms with Crippen molar-refractivity contribution >= 4 is 22.0 Å². The van der Waals surface area contributed by atoms with Crippen LogP contribution in [0.15, 0.2) is 18.2 Å². The molecule has 66 valence electrons.